The van der Waals surface area contributed by atoms with Crippen LogP contribution in [0.5, 0.6) is 5.75 Å². The molecule has 7 rings (SSSR count). The number of amides is 1. The molecule has 240 valence electrons. The molecule has 1 saturated carbocycles. The number of fused-ring (bicyclic) bond motifs is 2. The third-order valence-corrected chi connectivity index (χ3v) is 8.76. The van der Waals surface area contributed by atoms with Gasteiger partial charge in [0.05, 0.1) is 29.3 Å². The summed E-state index contributed by atoms with van der Waals surface area (Å²) in [5.74, 6) is 0.574. The van der Waals surface area contributed by atoms with E-state index >= 15 is 0 Å². The average Bonchev–Trinajstić information content (AvgIpc) is 3.69. The van der Waals surface area contributed by atoms with Gasteiger partial charge in [-0.2, -0.15) is 5.10 Å². The number of H-pyrrole nitrogens is 2. The zero-order chi connectivity index (χ0) is 32.3. The van der Waals surface area contributed by atoms with Gasteiger partial charge < -0.3 is 19.9 Å². The van der Waals surface area contributed by atoms with Gasteiger partial charge in [-0.25, -0.2) is 9.37 Å². The fourth-order valence-corrected chi connectivity index (χ4v) is 6.35. The summed E-state index contributed by atoms with van der Waals surface area (Å²) in [6.45, 7) is 1.17. The standard InChI is InChI=1S/C36H37FN8O2/c1-45(2)8-9-47-28-13-23(11-26(37)15-28)31-20-39-21-33-29(31)16-32(42-33)35-30-14-25(18-40-36(30)44-43-35)24-12-27(19-38-17-24)41-34(46)10-22-6-4-3-5-7-22/h11-22,42H,3-10H2,1-2H3,(H,41,46)(H,40,43,44). The van der Waals surface area contributed by atoms with Crippen molar-refractivity contribution in [3.05, 3.63) is 73.2 Å². The maximum absolute atomic E-state index is 14.7. The van der Waals surface area contributed by atoms with E-state index in [1.54, 1.807) is 31.0 Å². The van der Waals surface area contributed by atoms with Crippen LogP contribution >= 0.6 is 0 Å². The molecule has 47 heavy (non-hydrogen) atoms. The van der Waals surface area contributed by atoms with Crippen molar-refractivity contribution in [2.75, 3.05) is 32.6 Å². The zero-order valence-electron chi connectivity index (χ0n) is 26.5. The smallest absolute Gasteiger partial charge is 0.224 e. The fourth-order valence-electron chi connectivity index (χ4n) is 6.35. The number of aromatic nitrogens is 6. The number of ether oxygens (including phenoxy) is 1. The minimum absolute atomic E-state index is 0.0283. The summed E-state index contributed by atoms with van der Waals surface area (Å²) < 4.78 is 20.5. The van der Waals surface area contributed by atoms with Crippen LogP contribution in [-0.4, -0.2) is 68.2 Å². The summed E-state index contributed by atoms with van der Waals surface area (Å²) in [6.07, 6.45) is 15.1. The zero-order valence-corrected chi connectivity index (χ0v) is 26.5. The van der Waals surface area contributed by atoms with E-state index in [1.807, 2.05) is 43.3 Å². The average molecular weight is 633 g/mol. The molecule has 0 unspecified atom stereocenters. The predicted octanol–water partition coefficient (Wildman–Crippen LogP) is 7.22. The number of pyridine rings is 3. The molecule has 10 nitrogen and oxygen atoms in total. The topological polar surface area (TPSA) is 125 Å². The highest BCUT2D eigenvalue weighted by molar-refractivity contribution is 6.01. The molecule has 11 heteroatoms. The normalized spacial score (nSPS) is 13.9. The Kier molecular flexibility index (Phi) is 8.62. The Balaban J connectivity index is 1.16. The molecule has 0 spiro atoms. The molecular formula is C36H37FN8O2. The van der Waals surface area contributed by atoms with E-state index in [0.717, 1.165) is 58.1 Å². The molecule has 5 aromatic heterocycles. The lowest BCUT2D eigenvalue weighted by atomic mass is 9.87. The predicted molar refractivity (Wildman–Crippen MR) is 181 cm³/mol. The third kappa shape index (κ3) is 6.85. The van der Waals surface area contributed by atoms with Gasteiger partial charge in [0.2, 0.25) is 5.91 Å². The Labute approximate surface area is 271 Å². The molecular weight excluding hydrogens is 595 g/mol. The van der Waals surface area contributed by atoms with E-state index in [9.17, 15) is 9.18 Å². The van der Waals surface area contributed by atoms with Crippen LogP contribution in [0, 0.1) is 11.7 Å². The van der Waals surface area contributed by atoms with Gasteiger partial charge in [0.15, 0.2) is 5.65 Å². The second-order valence-electron chi connectivity index (χ2n) is 12.6. The molecule has 1 amide bonds. The summed E-state index contributed by atoms with van der Waals surface area (Å²) in [6, 6.07) is 10.7. The Morgan fingerprint density at radius 2 is 1.77 bits per heavy atom. The molecule has 6 aromatic rings. The van der Waals surface area contributed by atoms with Gasteiger partial charge in [-0.1, -0.05) is 19.3 Å². The molecule has 1 aliphatic carbocycles. The van der Waals surface area contributed by atoms with Gasteiger partial charge in [0.1, 0.15) is 23.9 Å². The maximum atomic E-state index is 14.7. The van der Waals surface area contributed by atoms with E-state index in [1.165, 1.54) is 31.4 Å². The molecule has 1 aromatic carbocycles. The van der Waals surface area contributed by atoms with Gasteiger partial charge in [0.25, 0.3) is 0 Å². The number of aromatic amines is 2. The van der Waals surface area contributed by atoms with E-state index in [2.05, 4.69) is 35.5 Å². The van der Waals surface area contributed by atoms with Crippen molar-refractivity contribution < 1.29 is 13.9 Å². The van der Waals surface area contributed by atoms with Gasteiger partial charge >= 0.3 is 0 Å². The lowest BCUT2D eigenvalue weighted by molar-refractivity contribution is -0.117. The summed E-state index contributed by atoms with van der Waals surface area (Å²) in [4.78, 5) is 31.7. The van der Waals surface area contributed by atoms with E-state index in [0.29, 0.717) is 47.3 Å². The van der Waals surface area contributed by atoms with Crippen LogP contribution in [0.15, 0.2) is 67.4 Å². The summed E-state index contributed by atoms with van der Waals surface area (Å²) in [5, 5.41) is 12.4. The lowest BCUT2D eigenvalue weighted by Gasteiger charge is -2.20. The van der Waals surface area contributed by atoms with E-state index < -0.39 is 0 Å². The van der Waals surface area contributed by atoms with Gasteiger partial charge in [-0.3, -0.25) is 19.9 Å². The van der Waals surface area contributed by atoms with Crippen LogP contribution in [0.2, 0.25) is 0 Å². The second-order valence-corrected chi connectivity index (χ2v) is 12.6. The number of halogens is 1. The highest BCUT2D eigenvalue weighted by Gasteiger charge is 2.19. The fraction of sp³-hybridized carbons (Fsp3) is 0.306. The molecule has 0 saturated heterocycles. The van der Waals surface area contributed by atoms with Crippen LogP contribution in [0.25, 0.3) is 55.6 Å². The van der Waals surface area contributed by atoms with Crippen LogP contribution in [0.3, 0.4) is 0 Å². The minimum atomic E-state index is -0.380. The van der Waals surface area contributed by atoms with Crippen LogP contribution in [0.1, 0.15) is 38.5 Å². The quantitative estimate of drug-likeness (QED) is 0.146. The number of rotatable bonds is 10. The number of benzene rings is 1. The summed E-state index contributed by atoms with van der Waals surface area (Å²) in [7, 11) is 3.93. The number of likely N-dealkylation sites (N-methyl/N-ethyl adjacent to an activating group) is 1. The Morgan fingerprint density at radius 1 is 0.936 bits per heavy atom. The first-order valence-electron chi connectivity index (χ1n) is 16.0. The largest absolute Gasteiger partial charge is 0.492 e. The Hall–Kier alpha value is -5.16. The highest BCUT2D eigenvalue weighted by Crippen LogP contribution is 2.36. The number of carbonyl (C=O) groups is 1. The van der Waals surface area contributed by atoms with Crippen LogP contribution in [0.4, 0.5) is 10.1 Å². The van der Waals surface area contributed by atoms with Crippen molar-refractivity contribution >= 4 is 33.5 Å². The molecule has 0 radical (unpaired) electrons. The van der Waals surface area contributed by atoms with Crippen molar-refractivity contribution in [1.82, 2.24) is 35.0 Å². The summed E-state index contributed by atoms with van der Waals surface area (Å²) >= 11 is 0. The van der Waals surface area contributed by atoms with Gasteiger partial charge in [-0.15, -0.1) is 0 Å². The lowest BCUT2D eigenvalue weighted by Crippen LogP contribution is -2.19. The molecule has 1 aliphatic rings. The molecule has 0 aliphatic heterocycles. The molecule has 0 bridgehead atoms. The Morgan fingerprint density at radius 3 is 2.62 bits per heavy atom. The number of hydrogen-bond donors (Lipinski definition) is 3. The number of anilines is 1. The van der Waals surface area contributed by atoms with Crippen LogP contribution < -0.4 is 10.1 Å². The maximum Gasteiger partial charge on any atom is 0.224 e. The summed E-state index contributed by atoms with van der Waals surface area (Å²) in [5.41, 5.74) is 6.66. The first-order chi connectivity index (χ1) is 22.9. The minimum Gasteiger partial charge on any atom is -0.492 e. The first kappa shape index (κ1) is 30.5. The van der Waals surface area contributed by atoms with Gasteiger partial charge in [0, 0.05) is 65.1 Å². The van der Waals surface area contributed by atoms with Crippen molar-refractivity contribution in [1.29, 1.82) is 0 Å². The molecule has 1 fully saturated rings. The van der Waals surface area contributed by atoms with E-state index in [-0.39, 0.29) is 11.7 Å². The van der Waals surface area contributed by atoms with Gasteiger partial charge in [-0.05, 0) is 68.8 Å². The van der Waals surface area contributed by atoms with Crippen LogP contribution in [-0.2, 0) is 4.79 Å². The molecule has 5 heterocycles. The van der Waals surface area contributed by atoms with Crippen molar-refractivity contribution in [2.45, 2.75) is 38.5 Å². The van der Waals surface area contributed by atoms with E-state index in [4.69, 9.17) is 4.74 Å². The number of hydrogen-bond acceptors (Lipinski definition) is 7. The van der Waals surface area contributed by atoms with Crippen molar-refractivity contribution in [3.63, 3.8) is 0 Å². The molecule has 0 atom stereocenters. The Bertz CT molecular complexity index is 2050. The SMILES string of the molecule is CN(C)CCOc1cc(F)cc(-c2cncc3[nH]c(-c4n[nH]c5ncc(-c6cncc(NC(=O)CC7CCCCC7)c6)cc45)cc23)c1. The molecule has 3 N–H and O–H groups in total. The number of carbonyl (C=O) groups excluding carboxylic acids is 1. The number of nitrogens with one attached hydrogen (secondary N) is 3. The van der Waals surface area contributed by atoms with Crippen molar-refractivity contribution in [3.8, 4) is 39.4 Å². The highest BCUT2D eigenvalue weighted by atomic mass is 19.1. The van der Waals surface area contributed by atoms with Crippen molar-refractivity contribution in [2.24, 2.45) is 5.92 Å². The third-order valence-electron chi connectivity index (χ3n) is 8.76. The number of nitrogens with zero attached hydrogens (tertiary/aromatic N) is 5. The first-order valence-corrected chi connectivity index (χ1v) is 16.0. The monoisotopic (exact) mass is 632 g/mol. The second kappa shape index (κ2) is 13.3.